The molecule has 2 heterocycles. The Bertz CT molecular complexity index is 620. The molecule has 0 saturated heterocycles. The number of rotatable bonds is 3. The molecule has 5 nitrogen and oxygen atoms in total. The number of carboxylic acids is 1. The fourth-order valence-electron chi connectivity index (χ4n) is 1.74. The van der Waals surface area contributed by atoms with Gasteiger partial charge in [0.25, 0.3) is 5.56 Å². The van der Waals surface area contributed by atoms with Crippen LogP contribution in [0.1, 0.15) is 28.9 Å². The van der Waals surface area contributed by atoms with Crippen molar-refractivity contribution in [2.45, 2.75) is 13.0 Å². The first-order chi connectivity index (χ1) is 8.59. The molecular formula is C13H12N2O3. The Morgan fingerprint density at radius 2 is 1.94 bits per heavy atom. The van der Waals surface area contributed by atoms with Crippen LogP contribution in [0.15, 0.2) is 47.7 Å². The minimum atomic E-state index is -1.05. The third-order valence-electron chi connectivity index (χ3n) is 2.79. The molecule has 0 aliphatic heterocycles. The van der Waals surface area contributed by atoms with Crippen molar-refractivity contribution in [3.63, 3.8) is 0 Å². The van der Waals surface area contributed by atoms with Crippen molar-refractivity contribution in [1.82, 2.24) is 9.55 Å². The van der Waals surface area contributed by atoms with Gasteiger partial charge in [-0.2, -0.15) is 0 Å². The Labute approximate surface area is 103 Å². The van der Waals surface area contributed by atoms with Gasteiger partial charge in [0.05, 0.1) is 11.6 Å². The number of hydrogen-bond donors (Lipinski definition) is 1. The van der Waals surface area contributed by atoms with Gasteiger partial charge < -0.3 is 9.67 Å². The number of hydrogen-bond acceptors (Lipinski definition) is 3. The number of pyridine rings is 2. The molecule has 0 amide bonds. The van der Waals surface area contributed by atoms with Crippen molar-refractivity contribution in [2.75, 3.05) is 0 Å². The maximum atomic E-state index is 11.8. The lowest BCUT2D eigenvalue weighted by molar-refractivity contribution is 0.0695. The zero-order chi connectivity index (χ0) is 13.1. The molecule has 0 aliphatic rings. The van der Waals surface area contributed by atoms with Crippen LogP contribution in [0.3, 0.4) is 0 Å². The molecule has 0 aromatic carbocycles. The third kappa shape index (κ3) is 2.29. The van der Waals surface area contributed by atoms with E-state index >= 15 is 0 Å². The molecule has 2 rings (SSSR count). The SMILES string of the molecule is CC(c1ccncc1)n1cc(C(=O)O)ccc1=O. The zero-order valence-electron chi connectivity index (χ0n) is 9.78. The quantitative estimate of drug-likeness (QED) is 0.889. The predicted octanol–water partition coefficient (Wildman–Crippen LogP) is 1.55. The van der Waals surface area contributed by atoms with Crippen molar-refractivity contribution in [2.24, 2.45) is 0 Å². The van der Waals surface area contributed by atoms with Gasteiger partial charge in [0.2, 0.25) is 0 Å². The second-order valence-electron chi connectivity index (χ2n) is 3.92. The summed E-state index contributed by atoms with van der Waals surface area (Å²) in [5.41, 5.74) is 0.759. The molecule has 1 unspecified atom stereocenters. The first-order valence-electron chi connectivity index (χ1n) is 5.45. The Kier molecular flexibility index (Phi) is 3.23. The van der Waals surface area contributed by atoms with Gasteiger partial charge in [-0.05, 0) is 30.7 Å². The van der Waals surface area contributed by atoms with E-state index in [0.29, 0.717) is 0 Å². The van der Waals surface area contributed by atoms with Crippen molar-refractivity contribution in [3.8, 4) is 0 Å². The second kappa shape index (κ2) is 4.83. The molecule has 0 radical (unpaired) electrons. The van der Waals surface area contributed by atoms with Gasteiger partial charge in [-0.1, -0.05) is 0 Å². The lowest BCUT2D eigenvalue weighted by atomic mass is 10.1. The van der Waals surface area contributed by atoms with E-state index in [4.69, 9.17) is 5.11 Å². The van der Waals surface area contributed by atoms with Crippen LogP contribution in [-0.2, 0) is 0 Å². The fourth-order valence-corrected chi connectivity index (χ4v) is 1.74. The van der Waals surface area contributed by atoms with E-state index in [-0.39, 0.29) is 17.2 Å². The Morgan fingerprint density at radius 3 is 2.56 bits per heavy atom. The predicted molar refractivity (Wildman–Crippen MR) is 65.7 cm³/mol. The van der Waals surface area contributed by atoms with Gasteiger partial charge in [0.1, 0.15) is 0 Å². The van der Waals surface area contributed by atoms with Crippen molar-refractivity contribution in [3.05, 3.63) is 64.3 Å². The van der Waals surface area contributed by atoms with Gasteiger partial charge in [-0.3, -0.25) is 9.78 Å². The van der Waals surface area contributed by atoms with E-state index in [1.165, 1.54) is 22.9 Å². The summed E-state index contributed by atoms with van der Waals surface area (Å²) in [5.74, 6) is -1.05. The number of aromatic nitrogens is 2. The monoisotopic (exact) mass is 244 g/mol. The summed E-state index contributed by atoms with van der Waals surface area (Å²) in [6, 6.07) is 5.93. The normalized spacial score (nSPS) is 12.1. The highest BCUT2D eigenvalue weighted by molar-refractivity contribution is 5.87. The minimum absolute atomic E-state index is 0.0931. The number of nitrogens with zero attached hydrogens (tertiary/aromatic N) is 2. The summed E-state index contributed by atoms with van der Waals surface area (Å²) in [6.07, 6.45) is 4.63. The molecule has 0 aliphatic carbocycles. The van der Waals surface area contributed by atoms with Gasteiger partial charge in [-0.25, -0.2) is 4.79 Å². The summed E-state index contributed by atoms with van der Waals surface area (Å²) in [5, 5.41) is 8.93. The topological polar surface area (TPSA) is 72.2 Å². The van der Waals surface area contributed by atoms with E-state index in [2.05, 4.69) is 4.98 Å². The molecule has 0 fully saturated rings. The molecule has 1 atom stereocenters. The van der Waals surface area contributed by atoms with Crippen LogP contribution >= 0.6 is 0 Å². The molecule has 18 heavy (non-hydrogen) atoms. The van der Waals surface area contributed by atoms with Crippen molar-refractivity contribution < 1.29 is 9.90 Å². The highest BCUT2D eigenvalue weighted by atomic mass is 16.4. The highest BCUT2D eigenvalue weighted by Crippen LogP contribution is 2.15. The van der Waals surface area contributed by atoms with E-state index in [0.717, 1.165) is 5.56 Å². The molecular weight excluding hydrogens is 232 g/mol. The number of carboxylic acid groups (broad SMARTS) is 1. The van der Waals surface area contributed by atoms with Gasteiger partial charge in [0.15, 0.2) is 0 Å². The van der Waals surface area contributed by atoms with Crippen LogP contribution in [0, 0.1) is 0 Å². The second-order valence-corrected chi connectivity index (χ2v) is 3.92. The molecule has 92 valence electrons. The Morgan fingerprint density at radius 1 is 1.28 bits per heavy atom. The average molecular weight is 244 g/mol. The number of carbonyl (C=O) groups is 1. The summed E-state index contributed by atoms with van der Waals surface area (Å²) >= 11 is 0. The van der Waals surface area contributed by atoms with E-state index in [9.17, 15) is 9.59 Å². The summed E-state index contributed by atoms with van der Waals surface area (Å²) in [6.45, 7) is 1.84. The molecule has 2 aromatic heterocycles. The molecule has 0 bridgehead atoms. The Balaban J connectivity index is 2.48. The molecule has 0 saturated carbocycles. The molecule has 2 aromatic rings. The minimum Gasteiger partial charge on any atom is -0.478 e. The maximum absolute atomic E-state index is 11.8. The third-order valence-corrected chi connectivity index (χ3v) is 2.79. The summed E-state index contributed by atoms with van der Waals surface area (Å²) in [4.78, 5) is 26.6. The van der Waals surface area contributed by atoms with Crippen LogP contribution < -0.4 is 5.56 Å². The molecule has 5 heteroatoms. The molecule has 1 N–H and O–H groups in total. The van der Waals surface area contributed by atoms with Gasteiger partial charge in [0, 0.05) is 24.7 Å². The maximum Gasteiger partial charge on any atom is 0.337 e. The van der Waals surface area contributed by atoms with Gasteiger partial charge in [-0.15, -0.1) is 0 Å². The lowest BCUT2D eigenvalue weighted by Gasteiger charge is -2.15. The largest absolute Gasteiger partial charge is 0.478 e. The summed E-state index contributed by atoms with van der Waals surface area (Å²) < 4.78 is 1.40. The first-order valence-corrected chi connectivity index (χ1v) is 5.45. The summed E-state index contributed by atoms with van der Waals surface area (Å²) in [7, 11) is 0. The molecule has 0 spiro atoms. The van der Waals surface area contributed by atoms with E-state index < -0.39 is 5.97 Å². The van der Waals surface area contributed by atoms with Crippen LogP contribution in [-0.4, -0.2) is 20.6 Å². The van der Waals surface area contributed by atoms with Crippen LogP contribution in [0.5, 0.6) is 0 Å². The van der Waals surface area contributed by atoms with E-state index in [1.54, 1.807) is 24.5 Å². The number of aromatic carboxylic acids is 1. The standard InChI is InChI=1S/C13H12N2O3/c1-9(10-4-6-14-7-5-10)15-8-11(13(17)18)2-3-12(15)16/h2-9H,1H3,(H,17,18). The Hall–Kier alpha value is -2.43. The van der Waals surface area contributed by atoms with Crippen molar-refractivity contribution >= 4 is 5.97 Å². The van der Waals surface area contributed by atoms with Crippen LogP contribution in [0.25, 0.3) is 0 Å². The fraction of sp³-hybridized carbons (Fsp3) is 0.154. The highest BCUT2D eigenvalue weighted by Gasteiger charge is 2.11. The lowest BCUT2D eigenvalue weighted by Crippen LogP contribution is -2.24. The smallest absolute Gasteiger partial charge is 0.337 e. The zero-order valence-corrected chi connectivity index (χ0v) is 9.78. The first kappa shape index (κ1) is 12.0. The average Bonchev–Trinajstić information content (AvgIpc) is 2.39. The van der Waals surface area contributed by atoms with Crippen LogP contribution in [0.2, 0.25) is 0 Å². The van der Waals surface area contributed by atoms with Gasteiger partial charge >= 0.3 is 5.97 Å². The van der Waals surface area contributed by atoms with Crippen LogP contribution in [0.4, 0.5) is 0 Å². The van der Waals surface area contributed by atoms with Crippen molar-refractivity contribution in [1.29, 1.82) is 0 Å². The van der Waals surface area contributed by atoms with E-state index in [1.807, 2.05) is 6.92 Å².